The zero-order valence-electron chi connectivity index (χ0n) is 10.7. The van der Waals surface area contributed by atoms with Gasteiger partial charge in [-0.15, -0.1) is 0 Å². The van der Waals surface area contributed by atoms with Crippen molar-refractivity contribution in [2.45, 2.75) is 37.5 Å². The number of nitrogens with zero attached hydrogens (tertiary/aromatic N) is 1. The molecule has 1 saturated carbocycles. The highest BCUT2D eigenvalue weighted by Crippen LogP contribution is 2.34. The van der Waals surface area contributed by atoms with Gasteiger partial charge in [0.2, 0.25) is 0 Å². The van der Waals surface area contributed by atoms with Crippen LogP contribution in [0.3, 0.4) is 0 Å². The topological polar surface area (TPSA) is 38.5 Å². The zero-order valence-corrected chi connectivity index (χ0v) is 10.7. The summed E-state index contributed by atoms with van der Waals surface area (Å²) in [6.07, 6.45) is 4.06. The van der Waals surface area contributed by atoms with Crippen LogP contribution in [0.5, 0.6) is 5.75 Å². The van der Waals surface area contributed by atoms with E-state index in [1.54, 1.807) is 0 Å². The van der Waals surface area contributed by atoms with E-state index in [9.17, 15) is 0 Å². The predicted molar refractivity (Wildman–Crippen MR) is 69.9 cm³/mol. The summed E-state index contributed by atoms with van der Waals surface area (Å²) in [6, 6.07) is 10.4. The quantitative estimate of drug-likeness (QED) is 0.815. The van der Waals surface area contributed by atoms with E-state index in [-0.39, 0.29) is 5.72 Å². The summed E-state index contributed by atoms with van der Waals surface area (Å²) in [6.45, 7) is 0. The highest BCUT2D eigenvalue weighted by Gasteiger charge is 2.38. The Morgan fingerprint density at radius 2 is 1.76 bits per heavy atom. The second kappa shape index (κ2) is 5.07. The van der Waals surface area contributed by atoms with Gasteiger partial charge in [-0.3, -0.25) is 4.90 Å². The van der Waals surface area contributed by atoms with Crippen LogP contribution in [-0.4, -0.2) is 30.8 Å². The van der Waals surface area contributed by atoms with Crippen LogP contribution in [0.2, 0.25) is 0 Å². The van der Waals surface area contributed by atoms with Crippen molar-refractivity contribution in [1.29, 1.82) is 0 Å². The van der Waals surface area contributed by atoms with Crippen molar-refractivity contribution in [2.75, 3.05) is 14.1 Å². The lowest BCUT2D eigenvalue weighted by Crippen LogP contribution is -2.53. The second-order valence-corrected chi connectivity index (χ2v) is 5.09. The number of hydrogen-bond donors (Lipinski definition) is 1. The monoisotopic (exact) mass is 234 g/mol. The molecule has 1 aliphatic carbocycles. The molecule has 0 aromatic heterocycles. The number of hydrogen-bond acceptors (Lipinski definition) is 3. The minimum atomic E-state index is -0.183. The summed E-state index contributed by atoms with van der Waals surface area (Å²) in [5.41, 5.74) is 5.79. The molecular formula is C14H22N2O. The molecule has 0 spiro atoms. The molecule has 1 aliphatic rings. The van der Waals surface area contributed by atoms with E-state index < -0.39 is 0 Å². The molecule has 3 heteroatoms. The Morgan fingerprint density at radius 1 is 1.18 bits per heavy atom. The molecule has 0 unspecified atom stereocenters. The standard InChI is InChI=1S/C14H22N2O/c1-16(2)14(10-8-12(15)9-11-14)17-13-6-4-3-5-7-13/h3-7,12H,8-11,15H2,1-2H3. The Kier molecular flexibility index (Phi) is 3.69. The van der Waals surface area contributed by atoms with Crippen molar-refractivity contribution >= 4 is 0 Å². The molecule has 3 nitrogen and oxygen atoms in total. The molecule has 2 rings (SSSR count). The van der Waals surface area contributed by atoms with E-state index in [4.69, 9.17) is 10.5 Å². The van der Waals surface area contributed by atoms with Crippen LogP contribution in [0.25, 0.3) is 0 Å². The van der Waals surface area contributed by atoms with Crippen LogP contribution >= 0.6 is 0 Å². The first-order chi connectivity index (χ1) is 8.12. The molecule has 17 heavy (non-hydrogen) atoms. The molecule has 94 valence electrons. The van der Waals surface area contributed by atoms with Gasteiger partial charge >= 0.3 is 0 Å². The van der Waals surface area contributed by atoms with Crippen LogP contribution in [0.1, 0.15) is 25.7 Å². The summed E-state index contributed by atoms with van der Waals surface area (Å²) >= 11 is 0. The Morgan fingerprint density at radius 3 is 2.29 bits per heavy atom. The molecule has 0 atom stereocenters. The average Bonchev–Trinajstić information content (AvgIpc) is 2.33. The van der Waals surface area contributed by atoms with Gasteiger partial charge in [0.25, 0.3) is 0 Å². The van der Waals surface area contributed by atoms with E-state index in [0.717, 1.165) is 31.4 Å². The Hall–Kier alpha value is -1.06. The van der Waals surface area contributed by atoms with Gasteiger partial charge in [0.15, 0.2) is 5.72 Å². The highest BCUT2D eigenvalue weighted by atomic mass is 16.5. The Bertz CT molecular complexity index is 342. The van der Waals surface area contributed by atoms with E-state index in [1.807, 2.05) is 30.3 Å². The lowest BCUT2D eigenvalue weighted by atomic mass is 9.87. The molecule has 1 aromatic carbocycles. The summed E-state index contributed by atoms with van der Waals surface area (Å²) < 4.78 is 6.22. The Labute approximate surface area is 104 Å². The van der Waals surface area contributed by atoms with Crippen molar-refractivity contribution in [3.05, 3.63) is 30.3 Å². The largest absolute Gasteiger partial charge is 0.473 e. The van der Waals surface area contributed by atoms with Crippen LogP contribution in [-0.2, 0) is 0 Å². The molecule has 0 bridgehead atoms. The maximum absolute atomic E-state index is 6.22. The molecule has 1 fully saturated rings. The SMILES string of the molecule is CN(C)C1(Oc2ccccc2)CCC(N)CC1. The third-order valence-electron chi connectivity index (χ3n) is 3.68. The molecule has 2 N–H and O–H groups in total. The van der Waals surface area contributed by atoms with E-state index in [2.05, 4.69) is 19.0 Å². The molecule has 0 radical (unpaired) electrons. The number of benzene rings is 1. The normalized spacial score (nSPS) is 29.3. The van der Waals surface area contributed by atoms with Crippen molar-refractivity contribution in [2.24, 2.45) is 5.73 Å². The van der Waals surface area contributed by atoms with Crippen LogP contribution in [0.15, 0.2) is 30.3 Å². The lowest BCUT2D eigenvalue weighted by Gasteiger charge is -2.44. The minimum Gasteiger partial charge on any atom is -0.473 e. The highest BCUT2D eigenvalue weighted by molar-refractivity contribution is 5.22. The smallest absolute Gasteiger partial charge is 0.163 e. The predicted octanol–water partition coefficient (Wildman–Crippen LogP) is 2.22. The molecule has 0 heterocycles. The fourth-order valence-electron chi connectivity index (χ4n) is 2.44. The maximum Gasteiger partial charge on any atom is 0.163 e. The van der Waals surface area contributed by atoms with Crippen molar-refractivity contribution < 1.29 is 4.74 Å². The Balaban J connectivity index is 2.13. The van der Waals surface area contributed by atoms with Crippen LogP contribution < -0.4 is 10.5 Å². The first kappa shape index (κ1) is 12.4. The second-order valence-electron chi connectivity index (χ2n) is 5.09. The molecule has 0 amide bonds. The molecule has 0 aliphatic heterocycles. The van der Waals surface area contributed by atoms with Gasteiger partial charge in [-0.2, -0.15) is 0 Å². The third-order valence-corrected chi connectivity index (χ3v) is 3.68. The molecular weight excluding hydrogens is 212 g/mol. The first-order valence-electron chi connectivity index (χ1n) is 6.29. The van der Waals surface area contributed by atoms with Gasteiger partial charge in [0, 0.05) is 18.9 Å². The van der Waals surface area contributed by atoms with Crippen molar-refractivity contribution in [3.8, 4) is 5.75 Å². The van der Waals surface area contributed by atoms with Crippen molar-refractivity contribution in [3.63, 3.8) is 0 Å². The fraction of sp³-hybridized carbons (Fsp3) is 0.571. The number of nitrogens with two attached hydrogens (primary N) is 1. The van der Waals surface area contributed by atoms with Crippen molar-refractivity contribution in [1.82, 2.24) is 4.90 Å². The van der Waals surface area contributed by atoms with Gasteiger partial charge in [-0.25, -0.2) is 0 Å². The number of ether oxygens (including phenoxy) is 1. The van der Waals surface area contributed by atoms with Gasteiger partial charge in [0.1, 0.15) is 5.75 Å². The summed E-state index contributed by atoms with van der Waals surface area (Å²) in [4.78, 5) is 2.19. The van der Waals surface area contributed by atoms with Gasteiger partial charge in [-0.1, -0.05) is 18.2 Å². The third kappa shape index (κ3) is 2.79. The van der Waals surface area contributed by atoms with Gasteiger partial charge in [0.05, 0.1) is 0 Å². The van der Waals surface area contributed by atoms with Gasteiger partial charge in [-0.05, 0) is 39.1 Å². The number of para-hydroxylation sites is 1. The van der Waals surface area contributed by atoms with Gasteiger partial charge < -0.3 is 10.5 Å². The zero-order chi connectivity index (χ0) is 12.3. The lowest BCUT2D eigenvalue weighted by molar-refractivity contribution is -0.0872. The first-order valence-corrected chi connectivity index (χ1v) is 6.29. The summed E-state index contributed by atoms with van der Waals surface area (Å²) in [5, 5.41) is 0. The van der Waals surface area contributed by atoms with E-state index in [0.29, 0.717) is 6.04 Å². The maximum atomic E-state index is 6.22. The van der Waals surface area contributed by atoms with Crippen LogP contribution in [0, 0.1) is 0 Å². The summed E-state index contributed by atoms with van der Waals surface area (Å²) in [7, 11) is 4.17. The molecule has 1 aromatic rings. The number of rotatable bonds is 3. The summed E-state index contributed by atoms with van der Waals surface area (Å²) in [5.74, 6) is 0.941. The fourth-order valence-corrected chi connectivity index (χ4v) is 2.44. The van der Waals surface area contributed by atoms with E-state index in [1.165, 1.54) is 0 Å². The molecule has 0 saturated heterocycles. The minimum absolute atomic E-state index is 0.183. The van der Waals surface area contributed by atoms with Crippen LogP contribution in [0.4, 0.5) is 0 Å². The average molecular weight is 234 g/mol. The van der Waals surface area contributed by atoms with E-state index >= 15 is 0 Å².